The number of hydrogen-bond donors (Lipinski definition) is 1. The average Bonchev–Trinajstić information content (AvgIpc) is 2.90. The zero-order valence-corrected chi connectivity index (χ0v) is 12.6. The second kappa shape index (κ2) is 6.10. The first-order valence-corrected chi connectivity index (χ1v) is 8.50. The Morgan fingerprint density at radius 3 is 2.95 bits per heavy atom. The summed E-state index contributed by atoms with van der Waals surface area (Å²) in [7, 11) is 0. The second-order valence-electron chi connectivity index (χ2n) is 5.65. The molecule has 3 rings (SSSR count). The number of fused-ring (bicyclic) bond motifs is 1. The molecule has 1 aliphatic carbocycles. The fourth-order valence-corrected chi connectivity index (χ4v) is 4.39. The molecular weight excluding hydrogens is 286 g/mol. The molecule has 0 radical (unpaired) electrons. The van der Waals surface area contributed by atoms with E-state index in [0.29, 0.717) is 6.54 Å². The van der Waals surface area contributed by atoms with Crippen LogP contribution in [-0.4, -0.2) is 46.0 Å². The van der Waals surface area contributed by atoms with Crippen LogP contribution in [0, 0.1) is 0 Å². The number of amides is 1. The van der Waals surface area contributed by atoms with Gasteiger partial charge in [0.25, 0.3) is 0 Å². The van der Waals surface area contributed by atoms with Crippen LogP contribution in [-0.2, 0) is 16.0 Å². The topological polar surface area (TPSA) is 57.6 Å². The predicted molar refractivity (Wildman–Crippen MR) is 82.6 cm³/mol. The van der Waals surface area contributed by atoms with Crippen molar-refractivity contribution in [3.8, 4) is 0 Å². The van der Waals surface area contributed by atoms with Gasteiger partial charge in [0, 0.05) is 18.1 Å². The van der Waals surface area contributed by atoms with Crippen LogP contribution in [0.1, 0.15) is 29.9 Å². The highest BCUT2D eigenvalue weighted by Crippen LogP contribution is 2.35. The number of rotatable bonds is 3. The van der Waals surface area contributed by atoms with Gasteiger partial charge in [-0.05, 0) is 24.0 Å². The molecule has 0 aromatic heterocycles. The quantitative estimate of drug-likeness (QED) is 0.929. The van der Waals surface area contributed by atoms with Gasteiger partial charge in [-0.15, -0.1) is 0 Å². The molecule has 0 saturated carbocycles. The second-order valence-corrected chi connectivity index (χ2v) is 6.80. The normalized spacial score (nSPS) is 24.7. The third-order valence-electron chi connectivity index (χ3n) is 4.35. The summed E-state index contributed by atoms with van der Waals surface area (Å²) in [5.74, 6) is 0.835. The van der Waals surface area contributed by atoms with Gasteiger partial charge in [0.1, 0.15) is 0 Å². The van der Waals surface area contributed by atoms with Gasteiger partial charge in [-0.1, -0.05) is 24.3 Å². The first kappa shape index (κ1) is 14.4. The molecule has 112 valence electrons. The maximum absolute atomic E-state index is 12.9. The van der Waals surface area contributed by atoms with Crippen LogP contribution in [0.2, 0.25) is 0 Å². The van der Waals surface area contributed by atoms with Crippen LogP contribution >= 0.6 is 11.8 Å². The number of benzene rings is 1. The maximum Gasteiger partial charge on any atom is 0.305 e. The Balaban J connectivity index is 1.79. The third kappa shape index (κ3) is 2.93. The van der Waals surface area contributed by atoms with Crippen molar-refractivity contribution < 1.29 is 14.7 Å². The minimum atomic E-state index is -0.827. The molecule has 1 N–H and O–H groups in total. The van der Waals surface area contributed by atoms with E-state index in [1.807, 2.05) is 23.1 Å². The van der Waals surface area contributed by atoms with Crippen molar-refractivity contribution in [3.63, 3.8) is 0 Å². The van der Waals surface area contributed by atoms with Crippen molar-refractivity contribution >= 4 is 23.6 Å². The number of carbonyl (C=O) groups is 2. The van der Waals surface area contributed by atoms with Crippen molar-refractivity contribution in [1.29, 1.82) is 0 Å². The van der Waals surface area contributed by atoms with Crippen LogP contribution in [0.3, 0.4) is 0 Å². The number of aliphatic carboxylic acids is 1. The van der Waals surface area contributed by atoms with E-state index in [1.165, 1.54) is 5.56 Å². The smallest absolute Gasteiger partial charge is 0.305 e. The Hall–Kier alpha value is -1.49. The van der Waals surface area contributed by atoms with Crippen molar-refractivity contribution in [3.05, 3.63) is 35.4 Å². The first-order chi connectivity index (χ1) is 10.2. The van der Waals surface area contributed by atoms with E-state index in [0.717, 1.165) is 29.9 Å². The molecule has 2 unspecified atom stereocenters. The van der Waals surface area contributed by atoms with Gasteiger partial charge >= 0.3 is 5.97 Å². The Labute approximate surface area is 128 Å². The van der Waals surface area contributed by atoms with Crippen LogP contribution < -0.4 is 0 Å². The molecule has 0 spiro atoms. The van der Waals surface area contributed by atoms with E-state index in [-0.39, 0.29) is 24.3 Å². The molecule has 1 heterocycles. The summed E-state index contributed by atoms with van der Waals surface area (Å²) in [5, 5.41) is 9.04. The minimum Gasteiger partial charge on any atom is -0.481 e. The van der Waals surface area contributed by atoms with Gasteiger partial charge in [-0.25, -0.2) is 0 Å². The number of nitrogens with zero attached hydrogens (tertiary/aromatic N) is 1. The summed E-state index contributed by atoms with van der Waals surface area (Å²) in [5.41, 5.74) is 2.40. The Kier molecular flexibility index (Phi) is 4.19. The maximum atomic E-state index is 12.9. The van der Waals surface area contributed by atoms with E-state index in [2.05, 4.69) is 6.07 Å². The fraction of sp³-hybridized carbons (Fsp3) is 0.500. The Morgan fingerprint density at radius 2 is 2.14 bits per heavy atom. The monoisotopic (exact) mass is 305 g/mol. The standard InChI is InChI=1S/C16H19NO3S/c18-15(19)9-12-10-21-8-7-17(12)16(20)14-6-5-11-3-1-2-4-13(11)14/h1-4,12,14H,5-10H2,(H,18,19). The highest BCUT2D eigenvalue weighted by atomic mass is 32.2. The summed E-state index contributed by atoms with van der Waals surface area (Å²) in [6.07, 6.45) is 1.84. The summed E-state index contributed by atoms with van der Waals surface area (Å²) in [6, 6.07) is 7.95. The highest BCUT2D eigenvalue weighted by Gasteiger charge is 2.36. The van der Waals surface area contributed by atoms with E-state index in [1.54, 1.807) is 11.8 Å². The molecule has 1 aliphatic heterocycles. The SMILES string of the molecule is O=C(O)CC1CSCCN1C(=O)C1CCc2ccccc21. The van der Waals surface area contributed by atoms with Crippen molar-refractivity contribution in [1.82, 2.24) is 4.90 Å². The predicted octanol–water partition coefficient (Wildman–Crippen LogP) is 2.14. The van der Waals surface area contributed by atoms with Crippen molar-refractivity contribution in [2.45, 2.75) is 31.2 Å². The summed E-state index contributed by atoms with van der Waals surface area (Å²) >= 11 is 1.74. The van der Waals surface area contributed by atoms with Crippen molar-refractivity contribution in [2.24, 2.45) is 0 Å². The van der Waals surface area contributed by atoms with Crippen LogP contribution in [0.5, 0.6) is 0 Å². The lowest BCUT2D eigenvalue weighted by atomic mass is 9.98. The number of carboxylic acid groups (broad SMARTS) is 1. The molecule has 0 bridgehead atoms. The first-order valence-electron chi connectivity index (χ1n) is 7.34. The van der Waals surface area contributed by atoms with E-state index >= 15 is 0 Å². The molecule has 1 amide bonds. The molecule has 5 heteroatoms. The molecule has 2 atom stereocenters. The van der Waals surface area contributed by atoms with E-state index in [4.69, 9.17) is 5.11 Å². The number of hydrogen-bond acceptors (Lipinski definition) is 3. The highest BCUT2D eigenvalue weighted by molar-refractivity contribution is 7.99. The number of thioether (sulfide) groups is 1. The number of aryl methyl sites for hydroxylation is 1. The molecule has 1 saturated heterocycles. The lowest BCUT2D eigenvalue weighted by Crippen LogP contribution is -2.48. The molecule has 1 aromatic rings. The molecule has 21 heavy (non-hydrogen) atoms. The number of carboxylic acids is 1. The molecule has 2 aliphatic rings. The summed E-state index contributed by atoms with van der Waals surface area (Å²) in [4.78, 5) is 25.7. The van der Waals surface area contributed by atoms with Crippen LogP contribution in [0.25, 0.3) is 0 Å². The Morgan fingerprint density at radius 1 is 1.33 bits per heavy atom. The third-order valence-corrected chi connectivity index (χ3v) is 5.44. The lowest BCUT2D eigenvalue weighted by molar-refractivity contribution is -0.140. The van der Waals surface area contributed by atoms with Gasteiger partial charge in [0.05, 0.1) is 18.4 Å². The molecule has 4 nitrogen and oxygen atoms in total. The Bertz CT molecular complexity index is 560. The zero-order valence-electron chi connectivity index (χ0n) is 11.8. The van der Waals surface area contributed by atoms with Gasteiger partial charge in [0.15, 0.2) is 0 Å². The molecule has 1 aromatic carbocycles. The van der Waals surface area contributed by atoms with Gasteiger partial charge in [0.2, 0.25) is 5.91 Å². The summed E-state index contributed by atoms with van der Waals surface area (Å²) < 4.78 is 0. The van der Waals surface area contributed by atoms with Crippen molar-refractivity contribution in [2.75, 3.05) is 18.1 Å². The number of carbonyl (C=O) groups excluding carboxylic acids is 1. The van der Waals surface area contributed by atoms with Gasteiger partial charge in [-0.2, -0.15) is 11.8 Å². The molecule has 1 fully saturated rings. The zero-order chi connectivity index (χ0) is 14.8. The minimum absolute atomic E-state index is 0.0487. The molecular formula is C16H19NO3S. The van der Waals surface area contributed by atoms with E-state index < -0.39 is 5.97 Å². The van der Waals surface area contributed by atoms with Crippen LogP contribution in [0.4, 0.5) is 0 Å². The lowest BCUT2D eigenvalue weighted by Gasteiger charge is -2.36. The summed E-state index contributed by atoms with van der Waals surface area (Å²) in [6.45, 7) is 0.667. The van der Waals surface area contributed by atoms with E-state index in [9.17, 15) is 9.59 Å². The average molecular weight is 305 g/mol. The largest absolute Gasteiger partial charge is 0.481 e. The fourth-order valence-electron chi connectivity index (χ4n) is 3.33. The van der Waals surface area contributed by atoms with Crippen LogP contribution in [0.15, 0.2) is 24.3 Å². The van der Waals surface area contributed by atoms with Gasteiger partial charge in [-0.3, -0.25) is 9.59 Å². The van der Waals surface area contributed by atoms with Gasteiger partial charge < -0.3 is 10.0 Å².